The first kappa shape index (κ1) is 19.3. The molecule has 8 heteroatoms. The van der Waals surface area contributed by atoms with Crippen LogP contribution in [0.25, 0.3) is 0 Å². The van der Waals surface area contributed by atoms with E-state index in [9.17, 15) is 27.9 Å². The Morgan fingerprint density at radius 3 is 2.31 bits per heavy atom. The van der Waals surface area contributed by atoms with Crippen LogP contribution in [0.3, 0.4) is 0 Å². The van der Waals surface area contributed by atoms with E-state index in [0.29, 0.717) is 6.07 Å². The Labute approximate surface area is 147 Å². The molecule has 2 aromatic carbocycles. The van der Waals surface area contributed by atoms with E-state index < -0.39 is 47.0 Å². The highest BCUT2D eigenvalue weighted by atomic mass is 19.2. The molecule has 1 unspecified atom stereocenters. The van der Waals surface area contributed by atoms with Gasteiger partial charge < -0.3 is 15.2 Å². The van der Waals surface area contributed by atoms with Gasteiger partial charge in [0.05, 0.1) is 0 Å². The van der Waals surface area contributed by atoms with E-state index in [2.05, 4.69) is 5.32 Å². The molecule has 2 aromatic rings. The molecule has 26 heavy (non-hydrogen) atoms. The van der Waals surface area contributed by atoms with Crippen molar-refractivity contribution in [1.82, 2.24) is 5.32 Å². The number of carboxylic acids is 1. The van der Waals surface area contributed by atoms with Gasteiger partial charge >= 0.3 is 12.1 Å². The number of benzene rings is 2. The molecule has 2 N–H and O–H groups in total. The second kappa shape index (κ2) is 8.37. The number of nitrogens with one attached hydrogen (secondary N) is 1. The highest BCUT2D eigenvalue weighted by molar-refractivity contribution is 5.78. The standard InChI is InChI=1S/C18H16F3NO4/c1-10(22-18(25)26-9-11-5-3-2-4-6-11)16(17(23)24)12-7-14(20)15(21)8-13(12)19/h2-8,10,16H,9H2,1H3,(H,22,25)(H,23,24)/t10?,16-/m0/s1. The van der Waals surface area contributed by atoms with Gasteiger partial charge in [-0.25, -0.2) is 18.0 Å². The number of amides is 1. The van der Waals surface area contributed by atoms with E-state index in [4.69, 9.17) is 4.74 Å². The average molecular weight is 367 g/mol. The average Bonchev–Trinajstić information content (AvgIpc) is 2.58. The largest absolute Gasteiger partial charge is 0.481 e. The van der Waals surface area contributed by atoms with Crippen LogP contribution in [0.2, 0.25) is 0 Å². The number of aliphatic carboxylic acids is 1. The van der Waals surface area contributed by atoms with Gasteiger partial charge in [0.1, 0.15) is 18.3 Å². The summed E-state index contributed by atoms with van der Waals surface area (Å²) in [7, 11) is 0. The molecule has 0 radical (unpaired) electrons. The second-order valence-corrected chi connectivity index (χ2v) is 5.60. The van der Waals surface area contributed by atoms with Crippen molar-refractivity contribution in [2.75, 3.05) is 0 Å². The molecule has 0 fully saturated rings. The number of carbonyl (C=O) groups is 2. The maximum Gasteiger partial charge on any atom is 0.407 e. The van der Waals surface area contributed by atoms with Crippen molar-refractivity contribution in [2.45, 2.75) is 25.5 Å². The van der Waals surface area contributed by atoms with Gasteiger partial charge in [0.2, 0.25) is 0 Å². The molecule has 2 rings (SSSR count). The van der Waals surface area contributed by atoms with Gasteiger partial charge in [0.25, 0.3) is 0 Å². The molecule has 1 amide bonds. The van der Waals surface area contributed by atoms with Crippen molar-refractivity contribution >= 4 is 12.1 Å². The summed E-state index contributed by atoms with van der Waals surface area (Å²) in [6.07, 6.45) is -0.921. The zero-order chi connectivity index (χ0) is 19.3. The van der Waals surface area contributed by atoms with Crippen molar-refractivity contribution in [3.8, 4) is 0 Å². The Balaban J connectivity index is 2.09. The predicted molar refractivity (Wildman–Crippen MR) is 85.9 cm³/mol. The fourth-order valence-electron chi connectivity index (χ4n) is 2.43. The smallest absolute Gasteiger partial charge is 0.407 e. The fourth-order valence-corrected chi connectivity index (χ4v) is 2.43. The van der Waals surface area contributed by atoms with E-state index in [0.717, 1.165) is 5.56 Å². The zero-order valence-corrected chi connectivity index (χ0v) is 13.7. The van der Waals surface area contributed by atoms with Gasteiger partial charge in [0, 0.05) is 17.7 Å². The van der Waals surface area contributed by atoms with Gasteiger partial charge in [-0.1, -0.05) is 30.3 Å². The molecule has 0 bridgehead atoms. The Morgan fingerprint density at radius 1 is 1.08 bits per heavy atom. The number of rotatable bonds is 6. The molecule has 0 aromatic heterocycles. The number of carboxylic acid groups (broad SMARTS) is 1. The summed E-state index contributed by atoms with van der Waals surface area (Å²) in [5.74, 6) is -7.17. The van der Waals surface area contributed by atoms with Gasteiger partial charge in [-0.15, -0.1) is 0 Å². The van der Waals surface area contributed by atoms with Gasteiger partial charge in [-0.3, -0.25) is 4.79 Å². The van der Waals surface area contributed by atoms with E-state index in [-0.39, 0.29) is 12.7 Å². The highest BCUT2D eigenvalue weighted by Gasteiger charge is 2.31. The quantitative estimate of drug-likeness (QED) is 0.765. The molecule has 5 nitrogen and oxygen atoms in total. The molecule has 0 aliphatic carbocycles. The van der Waals surface area contributed by atoms with Crippen LogP contribution in [-0.2, 0) is 16.1 Å². The first-order valence-corrected chi connectivity index (χ1v) is 7.64. The fraction of sp³-hybridized carbons (Fsp3) is 0.222. The number of alkyl carbamates (subject to hydrolysis) is 1. The lowest BCUT2D eigenvalue weighted by Crippen LogP contribution is -2.40. The minimum atomic E-state index is -1.63. The van der Waals surface area contributed by atoms with Crippen molar-refractivity contribution in [1.29, 1.82) is 0 Å². The summed E-state index contributed by atoms with van der Waals surface area (Å²) >= 11 is 0. The number of hydrogen-bond acceptors (Lipinski definition) is 3. The van der Waals surface area contributed by atoms with Gasteiger partial charge in [0.15, 0.2) is 11.6 Å². The maximum absolute atomic E-state index is 13.9. The molecule has 0 heterocycles. The van der Waals surface area contributed by atoms with E-state index in [1.807, 2.05) is 0 Å². The molecule has 0 saturated carbocycles. The molecular formula is C18H16F3NO4. The third-order valence-corrected chi connectivity index (χ3v) is 3.70. The predicted octanol–water partition coefficient (Wildman–Crippen LogP) is 3.59. The molecule has 0 spiro atoms. The van der Waals surface area contributed by atoms with E-state index in [1.165, 1.54) is 6.92 Å². The summed E-state index contributed by atoms with van der Waals surface area (Å²) in [4.78, 5) is 23.3. The number of carbonyl (C=O) groups excluding carboxylic acids is 1. The van der Waals surface area contributed by atoms with Crippen LogP contribution in [0.4, 0.5) is 18.0 Å². The van der Waals surface area contributed by atoms with Crippen molar-refractivity contribution in [3.05, 3.63) is 71.0 Å². The van der Waals surface area contributed by atoms with Crippen molar-refractivity contribution in [3.63, 3.8) is 0 Å². The molecule has 0 aliphatic rings. The van der Waals surface area contributed by atoms with Crippen LogP contribution in [0.5, 0.6) is 0 Å². The third kappa shape index (κ3) is 4.75. The number of hydrogen-bond donors (Lipinski definition) is 2. The van der Waals surface area contributed by atoms with Gasteiger partial charge in [-0.05, 0) is 18.6 Å². The summed E-state index contributed by atoms with van der Waals surface area (Å²) in [6, 6.07) is 8.35. The molecule has 2 atom stereocenters. The van der Waals surface area contributed by atoms with Crippen LogP contribution in [0.1, 0.15) is 24.0 Å². The van der Waals surface area contributed by atoms with Crippen molar-refractivity contribution < 1.29 is 32.6 Å². The van der Waals surface area contributed by atoms with Crippen LogP contribution in [0, 0.1) is 17.5 Å². The Kier molecular flexibility index (Phi) is 6.21. The van der Waals surface area contributed by atoms with Gasteiger partial charge in [-0.2, -0.15) is 0 Å². The Morgan fingerprint density at radius 2 is 1.69 bits per heavy atom. The summed E-state index contributed by atoms with van der Waals surface area (Å²) in [5.41, 5.74) is 0.143. The monoisotopic (exact) mass is 367 g/mol. The lowest BCUT2D eigenvalue weighted by atomic mass is 9.92. The molecule has 138 valence electrons. The lowest BCUT2D eigenvalue weighted by molar-refractivity contribution is -0.139. The maximum atomic E-state index is 13.9. The van der Waals surface area contributed by atoms with E-state index >= 15 is 0 Å². The number of halogens is 3. The van der Waals surface area contributed by atoms with Crippen LogP contribution >= 0.6 is 0 Å². The normalized spacial score (nSPS) is 12.9. The molecule has 0 aliphatic heterocycles. The van der Waals surface area contributed by atoms with Crippen molar-refractivity contribution in [2.24, 2.45) is 0 Å². The SMILES string of the molecule is CC(NC(=O)OCc1ccccc1)[C@H](C(=O)O)c1cc(F)c(F)cc1F. The summed E-state index contributed by atoms with van der Waals surface area (Å²) in [5, 5.41) is 11.6. The minimum absolute atomic E-state index is 0.0450. The summed E-state index contributed by atoms with van der Waals surface area (Å²) in [6.45, 7) is 1.25. The molecular weight excluding hydrogens is 351 g/mol. The van der Waals surface area contributed by atoms with Crippen LogP contribution in [-0.4, -0.2) is 23.2 Å². The Bertz CT molecular complexity index is 799. The first-order chi connectivity index (χ1) is 12.3. The zero-order valence-electron chi connectivity index (χ0n) is 13.7. The minimum Gasteiger partial charge on any atom is -0.481 e. The lowest BCUT2D eigenvalue weighted by Gasteiger charge is -2.22. The molecule has 0 saturated heterocycles. The summed E-state index contributed by atoms with van der Waals surface area (Å²) < 4.78 is 45.3. The Hall–Kier alpha value is -3.03. The second-order valence-electron chi connectivity index (χ2n) is 5.60. The van der Waals surface area contributed by atoms with E-state index in [1.54, 1.807) is 30.3 Å². The first-order valence-electron chi connectivity index (χ1n) is 7.64. The third-order valence-electron chi connectivity index (χ3n) is 3.70. The van der Waals surface area contributed by atoms with Crippen LogP contribution < -0.4 is 5.32 Å². The van der Waals surface area contributed by atoms with Crippen LogP contribution in [0.15, 0.2) is 42.5 Å². The highest BCUT2D eigenvalue weighted by Crippen LogP contribution is 2.25. The topological polar surface area (TPSA) is 75.6 Å². The number of ether oxygens (including phenoxy) is 1.